The van der Waals surface area contributed by atoms with Crippen molar-refractivity contribution in [1.82, 2.24) is 20.1 Å². The molecule has 0 unspecified atom stereocenters. The zero-order valence-corrected chi connectivity index (χ0v) is 19.5. The van der Waals surface area contributed by atoms with Gasteiger partial charge in [0.1, 0.15) is 12.7 Å². The second-order valence-electron chi connectivity index (χ2n) is 7.88. The lowest BCUT2D eigenvalue weighted by molar-refractivity contribution is -0.119. The molecule has 3 heterocycles. The van der Waals surface area contributed by atoms with Crippen molar-refractivity contribution in [3.05, 3.63) is 53.6 Å². The van der Waals surface area contributed by atoms with E-state index in [9.17, 15) is 4.79 Å². The van der Waals surface area contributed by atoms with Crippen molar-refractivity contribution < 1.29 is 14.3 Å². The number of nitrogens with zero attached hydrogens (tertiary/aromatic N) is 4. The number of amides is 1. The summed E-state index contributed by atoms with van der Waals surface area (Å²) in [6, 6.07) is 15.1. The quantitative estimate of drug-likeness (QED) is 0.512. The van der Waals surface area contributed by atoms with Gasteiger partial charge in [-0.25, -0.2) is 0 Å². The number of aromatic nitrogens is 3. The van der Waals surface area contributed by atoms with Crippen molar-refractivity contribution >= 4 is 35.2 Å². The number of carbonyl (C=O) groups is 1. The highest BCUT2D eigenvalue weighted by Crippen LogP contribution is 2.31. The molecule has 5 rings (SSSR count). The molecule has 0 spiro atoms. The summed E-state index contributed by atoms with van der Waals surface area (Å²) in [4.78, 5) is 14.8. The Morgan fingerprint density at radius 1 is 1.12 bits per heavy atom. The summed E-state index contributed by atoms with van der Waals surface area (Å²) in [5.74, 6) is 2.31. The number of fused-ring (bicyclic) bond motifs is 1. The monoisotopic (exact) mass is 485 g/mol. The number of thioether (sulfide) groups is 1. The first-order valence-electron chi connectivity index (χ1n) is 10.9. The average Bonchev–Trinajstić information content (AvgIpc) is 3.51. The number of anilines is 1. The van der Waals surface area contributed by atoms with E-state index in [-0.39, 0.29) is 17.8 Å². The first kappa shape index (κ1) is 21.9. The lowest BCUT2D eigenvalue weighted by Crippen LogP contribution is -2.41. The lowest BCUT2D eigenvalue weighted by Gasteiger charge is -2.26. The molecular weight excluding hydrogens is 462 g/mol. The van der Waals surface area contributed by atoms with Gasteiger partial charge in [0, 0.05) is 18.1 Å². The molecule has 1 atom stereocenters. The molecule has 3 aromatic rings. The summed E-state index contributed by atoms with van der Waals surface area (Å²) in [5, 5.41) is 13.0. The summed E-state index contributed by atoms with van der Waals surface area (Å²) in [5.41, 5.74) is 0.878. The molecule has 0 radical (unpaired) electrons. The number of rotatable bonds is 7. The first-order valence-corrected chi connectivity index (χ1v) is 12.3. The SMILES string of the molecule is O=C(CSc1nnc(N2CCCC2)n1-c1cccc(Cl)c1)NC[C@@H]1COc2ccccc2O1. The number of halogens is 1. The summed E-state index contributed by atoms with van der Waals surface area (Å²) < 4.78 is 13.6. The van der Waals surface area contributed by atoms with Gasteiger partial charge in [-0.1, -0.05) is 41.6 Å². The van der Waals surface area contributed by atoms with E-state index < -0.39 is 0 Å². The van der Waals surface area contributed by atoms with Crippen LogP contribution in [0, 0.1) is 0 Å². The number of benzene rings is 2. The van der Waals surface area contributed by atoms with Crippen molar-refractivity contribution in [3.8, 4) is 17.2 Å². The number of hydrogen-bond acceptors (Lipinski definition) is 7. The highest BCUT2D eigenvalue weighted by molar-refractivity contribution is 7.99. The third-order valence-electron chi connectivity index (χ3n) is 5.50. The third kappa shape index (κ3) is 5.04. The topological polar surface area (TPSA) is 81.5 Å². The summed E-state index contributed by atoms with van der Waals surface area (Å²) in [6.45, 7) is 2.65. The number of carbonyl (C=O) groups excluding carboxylic acids is 1. The van der Waals surface area contributed by atoms with E-state index in [2.05, 4.69) is 20.4 Å². The Balaban J connectivity index is 1.23. The highest BCUT2D eigenvalue weighted by atomic mass is 35.5. The van der Waals surface area contributed by atoms with E-state index in [1.54, 1.807) is 0 Å². The molecule has 2 aliphatic rings. The first-order chi connectivity index (χ1) is 16.2. The van der Waals surface area contributed by atoms with Gasteiger partial charge in [-0.3, -0.25) is 9.36 Å². The van der Waals surface area contributed by atoms with Crippen molar-refractivity contribution in [2.45, 2.75) is 24.1 Å². The minimum absolute atomic E-state index is 0.106. The van der Waals surface area contributed by atoms with Gasteiger partial charge in [0.25, 0.3) is 0 Å². The van der Waals surface area contributed by atoms with E-state index in [0.717, 1.165) is 43.3 Å². The second-order valence-corrected chi connectivity index (χ2v) is 9.26. The molecule has 1 aromatic heterocycles. The molecule has 2 aromatic carbocycles. The number of nitrogens with one attached hydrogen (secondary N) is 1. The Bertz CT molecular complexity index is 1130. The van der Waals surface area contributed by atoms with Gasteiger partial charge in [-0.2, -0.15) is 0 Å². The van der Waals surface area contributed by atoms with Gasteiger partial charge in [-0.05, 0) is 43.2 Å². The van der Waals surface area contributed by atoms with Crippen LogP contribution < -0.4 is 19.7 Å². The molecule has 1 saturated heterocycles. The van der Waals surface area contributed by atoms with Gasteiger partial charge in [0.15, 0.2) is 16.7 Å². The van der Waals surface area contributed by atoms with E-state index in [1.165, 1.54) is 11.8 Å². The summed E-state index contributed by atoms with van der Waals surface area (Å²) in [6.07, 6.45) is 2.03. The molecule has 8 nitrogen and oxygen atoms in total. The van der Waals surface area contributed by atoms with E-state index in [4.69, 9.17) is 21.1 Å². The van der Waals surface area contributed by atoms with Crippen molar-refractivity contribution in [3.63, 3.8) is 0 Å². The Hall–Kier alpha value is -2.91. The molecule has 1 amide bonds. The smallest absolute Gasteiger partial charge is 0.232 e. The van der Waals surface area contributed by atoms with Crippen LogP contribution in [0.4, 0.5) is 5.95 Å². The van der Waals surface area contributed by atoms with Crippen LogP contribution in [0.2, 0.25) is 5.02 Å². The largest absolute Gasteiger partial charge is 0.486 e. The molecule has 0 saturated carbocycles. The van der Waals surface area contributed by atoms with Gasteiger partial charge in [0.2, 0.25) is 11.9 Å². The van der Waals surface area contributed by atoms with E-state index in [0.29, 0.717) is 29.1 Å². The zero-order chi connectivity index (χ0) is 22.6. The molecular formula is C23H24ClN5O3S. The minimum Gasteiger partial charge on any atom is -0.486 e. The van der Waals surface area contributed by atoms with E-state index in [1.807, 2.05) is 53.1 Å². The second kappa shape index (κ2) is 9.93. The van der Waals surface area contributed by atoms with Crippen LogP contribution in [0.3, 0.4) is 0 Å². The fraction of sp³-hybridized carbons (Fsp3) is 0.348. The molecule has 0 aliphatic carbocycles. The molecule has 33 heavy (non-hydrogen) atoms. The van der Waals surface area contributed by atoms with Crippen LogP contribution >= 0.6 is 23.4 Å². The average molecular weight is 486 g/mol. The third-order valence-corrected chi connectivity index (χ3v) is 6.66. The van der Waals surface area contributed by atoms with Gasteiger partial charge in [0.05, 0.1) is 18.0 Å². The standard InChI is InChI=1S/C23H24ClN5O3S/c24-16-6-5-7-17(12-16)29-22(28-10-3-4-11-28)26-27-23(29)33-15-21(30)25-13-18-14-31-19-8-1-2-9-20(19)32-18/h1-2,5-9,12,18H,3-4,10-11,13-15H2,(H,25,30)/t18-/m1/s1. The molecule has 2 aliphatic heterocycles. The maximum Gasteiger partial charge on any atom is 0.232 e. The number of hydrogen-bond donors (Lipinski definition) is 1. The molecule has 1 fully saturated rings. The molecule has 0 bridgehead atoms. The zero-order valence-electron chi connectivity index (χ0n) is 17.9. The van der Waals surface area contributed by atoms with Crippen LogP contribution in [-0.2, 0) is 4.79 Å². The van der Waals surface area contributed by atoms with Crippen LogP contribution in [-0.4, -0.2) is 58.8 Å². The van der Waals surface area contributed by atoms with Crippen LogP contribution in [0.15, 0.2) is 53.7 Å². The minimum atomic E-state index is -0.231. The van der Waals surface area contributed by atoms with Crippen molar-refractivity contribution in [2.75, 3.05) is 36.9 Å². The Morgan fingerprint density at radius 2 is 1.94 bits per heavy atom. The molecule has 172 valence electrons. The van der Waals surface area contributed by atoms with Gasteiger partial charge < -0.3 is 19.7 Å². The fourth-order valence-electron chi connectivity index (χ4n) is 3.89. The molecule has 10 heteroatoms. The maximum absolute atomic E-state index is 12.6. The van der Waals surface area contributed by atoms with Crippen molar-refractivity contribution in [2.24, 2.45) is 0 Å². The number of ether oxygens (including phenoxy) is 2. The van der Waals surface area contributed by atoms with Gasteiger partial charge in [-0.15, -0.1) is 10.2 Å². The van der Waals surface area contributed by atoms with Crippen molar-refractivity contribution in [1.29, 1.82) is 0 Å². The van der Waals surface area contributed by atoms with Crippen LogP contribution in [0.25, 0.3) is 5.69 Å². The predicted molar refractivity (Wildman–Crippen MR) is 128 cm³/mol. The summed E-state index contributed by atoms with van der Waals surface area (Å²) in [7, 11) is 0. The highest BCUT2D eigenvalue weighted by Gasteiger charge is 2.24. The summed E-state index contributed by atoms with van der Waals surface area (Å²) >= 11 is 7.59. The lowest BCUT2D eigenvalue weighted by atomic mass is 10.2. The Kier molecular flexibility index (Phi) is 6.59. The normalized spacial score (nSPS) is 17.2. The van der Waals surface area contributed by atoms with Gasteiger partial charge >= 0.3 is 0 Å². The Morgan fingerprint density at radius 3 is 2.76 bits per heavy atom. The number of para-hydroxylation sites is 2. The fourth-order valence-corrected chi connectivity index (χ4v) is 4.85. The Labute approximate surface area is 201 Å². The van der Waals surface area contributed by atoms with Crippen LogP contribution in [0.1, 0.15) is 12.8 Å². The van der Waals surface area contributed by atoms with E-state index >= 15 is 0 Å². The van der Waals surface area contributed by atoms with Crippen LogP contribution in [0.5, 0.6) is 11.5 Å². The molecule has 1 N–H and O–H groups in total. The predicted octanol–water partition coefficient (Wildman–Crippen LogP) is 3.57. The maximum atomic E-state index is 12.6.